The van der Waals surface area contributed by atoms with Crippen LogP contribution in [0.15, 0.2) is 71.7 Å². The summed E-state index contributed by atoms with van der Waals surface area (Å²) in [6.45, 7) is 4.16. The fraction of sp³-hybridized carbons (Fsp3) is 0.160. The second kappa shape index (κ2) is 8.23. The lowest BCUT2D eigenvalue weighted by Gasteiger charge is -2.17. The second-order valence-electron chi connectivity index (χ2n) is 7.24. The van der Waals surface area contributed by atoms with E-state index < -0.39 is 0 Å². The smallest absolute Gasteiger partial charge is 0.150 e. The van der Waals surface area contributed by atoms with E-state index in [1.165, 1.54) is 0 Å². The molecule has 2 aromatic carbocycles. The van der Waals surface area contributed by atoms with Gasteiger partial charge in [0, 0.05) is 23.4 Å². The number of aromatic nitrogens is 2. The van der Waals surface area contributed by atoms with E-state index in [1.54, 1.807) is 0 Å². The highest BCUT2D eigenvalue weighted by Gasteiger charge is 2.17. The van der Waals surface area contributed by atoms with Gasteiger partial charge in [-0.3, -0.25) is 14.4 Å². The minimum Gasteiger partial charge on any atom is -0.298 e. The normalized spacial score (nSPS) is 13.4. The molecule has 4 nitrogen and oxygen atoms in total. The van der Waals surface area contributed by atoms with Crippen molar-refractivity contribution < 1.29 is 4.79 Å². The summed E-state index contributed by atoms with van der Waals surface area (Å²) in [6, 6.07) is 17.9. The SMILES string of the molecule is CC(C)N=c1c(-c2ccccc2)c(-c2ccc(C=O)cc2)nc2n1C=CCC=C2. The molecule has 0 saturated carbocycles. The predicted octanol–water partition coefficient (Wildman–Crippen LogP) is 5.23. The van der Waals surface area contributed by atoms with Crippen molar-refractivity contribution in [3.05, 3.63) is 83.6 Å². The third-order valence-corrected chi connectivity index (χ3v) is 4.72. The van der Waals surface area contributed by atoms with Crippen LogP contribution in [0.3, 0.4) is 0 Å². The summed E-state index contributed by atoms with van der Waals surface area (Å²) in [5.41, 5.74) is 5.40. The molecule has 1 aliphatic rings. The average molecular weight is 381 g/mol. The summed E-state index contributed by atoms with van der Waals surface area (Å²) in [5, 5.41) is 0. The van der Waals surface area contributed by atoms with Gasteiger partial charge in [0.05, 0.1) is 11.3 Å². The third-order valence-electron chi connectivity index (χ3n) is 4.72. The van der Waals surface area contributed by atoms with Crippen molar-refractivity contribution in [3.8, 4) is 22.4 Å². The van der Waals surface area contributed by atoms with Crippen molar-refractivity contribution in [3.63, 3.8) is 0 Å². The number of nitrogens with zero attached hydrogens (tertiary/aromatic N) is 3. The van der Waals surface area contributed by atoms with Crippen LogP contribution in [-0.4, -0.2) is 21.9 Å². The Kier molecular flexibility index (Phi) is 5.34. The van der Waals surface area contributed by atoms with Crippen LogP contribution in [-0.2, 0) is 0 Å². The van der Waals surface area contributed by atoms with E-state index in [0.717, 1.165) is 46.4 Å². The highest BCUT2D eigenvalue weighted by Crippen LogP contribution is 2.29. The van der Waals surface area contributed by atoms with Gasteiger partial charge in [0.15, 0.2) is 0 Å². The Bertz CT molecular complexity index is 1150. The Labute approximate surface area is 170 Å². The Morgan fingerprint density at radius 3 is 2.45 bits per heavy atom. The molecule has 0 spiro atoms. The van der Waals surface area contributed by atoms with Crippen molar-refractivity contribution in [2.45, 2.75) is 26.3 Å². The maximum atomic E-state index is 11.1. The monoisotopic (exact) mass is 381 g/mol. The van der Waals surface area contributed by atoms with Gasteiger partial charge in [-0.15, -0.1) is 0 Å². The summed E-state index contributed by atoms with van der Waals surface area (Å²) >= 11 is 0. The highest BCUT2D eigenvalue weighted by molar-refractivity contribution is 5.83. The van der Waals surface area contributed by atoms with Crippen LogP contribution in [0.1, 0.15) is 36.5 Å². The van der Waals surface area contributed by atoms with Gasteiger partial charge in [-0.25, -0.2) is 4.98 Å². The number of hydrogen-bond acceptors (Lipinski definition) is 3. The molecule has 0 N–H and O–H groups in total. The van der Waals surface area contributed by atoms with Crippen LogP contribution < -0.4 is 5.49 Å². The summed E-state index contributed by atoms with van der Waals surface area (Å²) in [7, 11) is 0. The Balaban J connectivity index is 2.12. The zero-order valence-electron chi connectivity index (χ0n) is 16.6. The van der Waals surface area contributed by atoms with Gasteiger partial charge in [-0.1, -0.05) is 66.7 Å². The summed E-state index contributed by atoms with van der Waals surface area (Å²) in [5.74, 6) is 0.840. The van der Waals surface area contributed by atoms with Crippen molar-refractivity contribution >= 4 is 18.6 Å². The molecule has 0 amide bonds. The van der Waals surface area contributed by atoms with E-state index in [2.05, 4.69) is 48.9 Å². The largest absolute Gasteiger partial charge is 0.298 e. The lowest BCUT2D eigenvalue weighted by Crippen LogP contribution is -2.25. The van der Waals surface area contributed by atoms with Crippen LogP contribution >= 0.6 is 0 Å². The molecule has 1 aromatic heterocycles. The molecule has 29 heavy (non-hydrogen) atoms. The van der Waals surface area contributed by atoms with E-state index in [1.807, 2.05) is 48.5 Å². The molecule has 0 saturated heterocycles. The molecule has 0 bridgehead atoms. The fourth-order valence-electron chi connectivity index (χ4n) is 3.41. The second-order valence-corrected chi connectivity index (χ2v) is 7.24. The average Bonchev–Trinajstić information content (AvgIpc) is 2.99. The van der Waals surface area contributed by atoms with Gasteiger partial charge in [0.1, 0.15) is 17.6 Å². The first-order valence-corrected chi connectivity index (χ1v) is 9.82. The molecule has 3 aromatic rings. The number of benzene rings is 2. The van der Waals surface area contributed by atoms with Crippen molar-refractivity contribution in [2.24, 2.45) is 4.99 Å². The van der Waals surface area contributed by atoms with Crippen LogP contribution in [0.4, 0.5) is 0 Å². The maximum absolute atomic E-state index is 11.1. The maximum Gasteiger partial charge on any atom is 0.150 e. The number of rotatable bonds is 4. The predicted molar refractivity (Wildman–Crippen MR) is 118 cm³/mol. The first-order valence-electron chi connectivity index (χ1n) is 9.82. The molecule has 0 unspecified atom stereocenters. The van der Waals surface area contributed by atoms with E-state index in [9.17, 15) is 4.79 Å². The summed E-state index contributed by atoms with van der Waals surface area (Å²) in [4.78, 5) is 21.1. The van der Waals surface area contributed by atoms with Gasteiger partial charge in [-0.2, -0.15) is 0 Å². The summed E-state index contributed by atoms with van der Waals surface area (Å²) in [6.07, 6.45) is 10.0. The number of carbonyl (C=O) groups excluding carboxylic acids is 1. The van der Waals surface area contributed by atoms with Crippen LogP contribution in [0.25, 0.3) is 34.7 Å². The first-order chi connectivity index (χ1) is 14.2. The minimum atomic E-state index is 0.127. The molecule has 0 fully saturated rings. The molecule has 144 valence electrons. The number of fused-ring (bicyclic) bond motifs is 1. The molecule has 4 rings (SSSR count). The van der Waals surface area contributed by atoms with E-state index in [-0.39, 0.29) is 6.04 Å². The third kappa shape index (κ3) is 3.87. The number of carbonyl (C=O) groups is 1. The fourth-order valence-corrected chi connectivity index (χ4v) is 3.41. The topological polar surface area (TPSA) is 47.2 Å². The van der Waals surface area contributed by atoms with Gasteiger partial charge in [0.25, 0.3) is 0 Å². The van der Waals surface area contributed by atoms with E-state index in [0.29, 0.717) is 5.56 Å². The number of hydrogen-bond donors (Lipinski definition) is 0. The Hall–Kier alpha value is -3.53. The molecule has 0 atom stereocenters. The zero-order chi connectivity index (χ0) is 20.2. The van der Waals surface area contributed by atoms with Gasteiger partial charge >= 0.3 is 0 Å². The highest BCUT2D eigenvalue weighted by atomic mass is 16.1. The quantitative estimate of drug-likeness (QED) is 0.581. The van der Waals surface area contributed by atoms with Gasteiger partial charge in [-0.05, 0) is 31.9 Å². The molecular weight excluding hydrogens is 358 g/mol. The standard InChI is InChI=1S/C25H23N3O/c1-18(2)26-25-23(20-9-5-3-6-10-20)24(21-14-12-19(17-29)13-15-21)27-22-11-7-4-8-16-28(22)25/h3,5-18H,4H2,1-2H3. The van der Waals surface area contributed by atoms with Crippen molar-refractivity contribution in [1.82, 2.24) is 9.55 Å². The number of allylic oxidation sites excluding steroid dienone is 2. The van der Waals surface area contributed by atoms with E-state index >= 15 is 0 Å². The number of aldehydes is 1. The molecule has 0 radical (unpaired) electrons. The Morgan fingerprint density at radius 1 is 1.00 bits per heavy atom. The molecule has 2 heterocycles. The lowest BCUT2D eigenvalue weighted by atomic mass is 9.99. The molecular formula is C25H23N3O. The zero-order valence-corrected chi connectivity index (χ0v) is 16.6. The van der Waals surface area contributed by atoms with E-state index in [4.69, 9.17) is 9.98 Å². The summed E-state index contributed by atoms with van der Waals surface area (Å²) < 4.78 is 2.06. The van der Waals surface area contributed by atoms with Crippen LogP contribution in [0, 0.1) is 0 Å². The van der Waals surface area contributed by atoms with Crippen molar-refractivity contribution in [2.75, 3.05) is 0 Å². The van der Waals surface area contributed by atoms with Crippen LogP contribution in [0.2, 0.25) is 0 Å². The van der Waals surface area contributed by atoms with Crippen LogP contribution in [0.5, 0.6) is 0 Å². The minimum absolute atomic E-state index is 0.127. The molecule has 1 aliphatic heterocycles. The van der Waals surface area contributed by atoms with Gasteiger partial charge in [0.2, 0.25) is 0 Å². The lowest BCUT2D eigenvalue weighted by molar-refractivity contribution is 0.112. The van der Waals surface area contributed by atoms with Gasteiger partial charge < -0.3 is 0 Å². The first kappa shape index (κ1) is 18.8. The Morgan fingerprint density at radius 2 is 1.76 bits per heavy atom. The molecule has 4 heteroatoms. The van der Waals surface area contributed by atoms with Crippen molar-refractivity contribution in [1.29, 1.82) is 0 Å². The molecule has 0 aliphatic carbocycles.